The highest BCUT2D eigenvalue weighted by Gasteiger charge is 2.26. The number of hydrogen-bond donors (Lipinski definition) is 4. The zero-order valence-corrected chi connectivity index (χ0v) is 10.3. The predicted octanol–water partition coefficient (Wildman–Crippen LogP) is -0.766. The minimum Gasteiger partial charge on any atom is -0.481 e. The van der Waals surface area contributed by atoms with Gasteiger partial charge in [0.05, 0.1) is 24.7 Å². The fraction of sp³-hybridized carbons (Fsp3) is 0.800. The highest BCUT2D eigenvalue weighted by atomic mass is 16.4. The maximum Gasteiger partial charge on any atom is 0.317 e. The van der Waals surface area contributed by atoms with Crippen LogP contribution in [0.15, 0.2) is 0 Å². The number of likely N-dealkylation sites (N-methyl/N-ethyl adjacent to an activating group) is 1. The average Bonchev–Trinajstić information content (AvgIpc) is 2.22. The van der Waals surface area contributed by atoms with E-state index in [2.05, 4.69) is 5.32 Å². The van der Waals surface area contributed by atoms with Gasteiger partial charge in [-0.3, -0.25) is 4.79 Å². The third-order valence-corrected chi connectivity index (χ3v) is 2.40. The van der Waals surface area contributed by atoms with E-state index in [1.165, 1.54) is 18.9 Å². The van der Waals surface area contributed by atoms with Gasteiger partial charge in [0.25, 0.3) is 0 Å². The molecule has 0 aromatic carbocycles. The first-order chi connectivity index (χ1) is 7.69. The molecule has 4 N–H and O–H groups in total. The maximum absolute atomic E-state index is 11.5. The monoisotopic (exact) mass is 248 g/mol. The first kappa shape index (κ1) is 15.7. The molecule has 0 spiro atoms. The van der Waals surface area contributed by atoms with Gasteiger partial charge in [0.2, 0.25) is 0 Å². The standard InChI is InChI=1S/C10H20N2O5/c1-7(5-13)12(3)9(16)11-6-10(2,17)4-8(14)15/h7,13,17H,4-6H2,1-3H3,(H,11,16)(H,14,15). The SMILES string of the molecule is CC(CO)N(C)C(=O)NCC(C)(O)CC(=O)O. The van der Waals surface area contributed by atoms with E-state index in [0.29, 0.717) is 0 Å². The Morgan fingerprint density at radius 1 is 1.47 bits per heavy atom. The number of aliphatic carboxylic acids is 1. The van der Waals surface area contributed by atoms with Crippen LogP contribution in [-0.2, 0) is 4.79 Å². The summed E-state index contributed by atoms with van der Waals surface area (Å²) in [5.74, 6) is -1.14. The lowest BCUT2D eigenvalue weighted by molar-refractivity contribution is -0.141. The third-order valence-electron chi connectivity index (χ3n) is 2.40. The van der Waals surface area contributed by atoms with Crippen LogP contribution in [-0.4, -0.2) is 64.1 Å². The van der Waals surface area contributed by atoms with Crippen LogP contribution in [0.4, 0.5) is 4.79 Å². The number of carboxylic acids is 1. The molecule has 0 aliphatic rings. The third kappa shape index (κ3) is 6.08. The van der Waals surface area contributed by atoms with Crippen LogP contribution in [0.1, 0.15) is 20.3 Å². The van der Waals surface area contributed by atoms with Crippen LogP contribution >= 0.6 is 0 Å². The van der Waals surface area contributed by atoms with E-state index >= 15 is 0 Å². The van der Waals surface area contributed by atoms with Gasteiger partial charge in [-0.05, 0) is 13.8 Å². The number of amides is 2. The second-order valence-corrected chi connectivity index (χ2v) is 4.37. The highest BCUT2D eigenvalue weighted by Crippen LogP contribution is 2.07. The van der Waals surface area contributed by atoms with Gasteiger partial charge in [-0.15, -0.1) is 0 Å². The fourth-order valence-electron chi connectivity index (χ4n) is 1.10. The minimum atomic E-state index is -1.50. The Hall–Kier alpha value is -1.34. The van der Waals surface area contributed by atoms with Gasteiger partial charge in [0.1, 0.15) is 0 Å². The molecule has 7 nitrogen and oxygen atoms in total. The number of aliphatic hydroxyl groups excluding tert-OH is 1. The number of nitrogens with one attached hydrogen (secondary N) is 1. The molecular weight excluding hydrogens is 228 g/mol. The van der Waals surface area contributed by atoms with Crippen LogP contribution in [0.5, 0.6) is 0 Å². The van der Waals surface area contributed by atoms with Crippen molar-refractivity contribution in [3.63, 3.8) is 0 Å². The molecule has 0 aromatic heterocycles. The van der Waals surface area contributed by atoms with Gasteiger partial charge >= 0.3 is 12.0 Å². The molecule has 2 atom stereocenters. The van der Waals surface area contributed by atoms with E-state index in [-0.39, 0.29) is 19.2 Å². The van der Waals surface area contributed by atoms with Crippen LogP contribution in [0.2, 0.25) is 0 Å². The summed E-state index contributed by atoms with van der Waals surface area (Å²) in [5, 5.41) is 29.4. The first-order valence-corrected chi connectivity index (χ1v) is 5.25. The van der Waals surface area contributed by atoms with E-state index in [4.69, 9.17) is 10.2 Å². The first-order valence-electron chi connectivity index (χ1n) is 5.25. The van der Waals surface area contributed by atoms with Crippen molar-refractivity contribution in [1.29, 1.82) is 0 Å². The molecule has 100 valence electrons. The molecule has 0 fully saturated rings. The summed E-state index contributed by atoms with van der Waals surface area (Å²) >= 11 is 0. The number of carbonyl (C=O) groups is 2. The Morgan fingerprint density at radius 2 is 2.00 bits per heavy atom. The largest absolute Gasteiger partial charge is 0.481 e. The van der Waals surface area contributed by atoms with E-state index in [1.807, 2.05) is 0 Å². The summed E-state index contributed by atoms with van der Waals surface area (Å²) in [6, 6.07) is -0.823. The van der Waals surface area contributed by atoms with Crippen molar-refractivity contribution in [1.82, 2.24) is 10.2 Å². The molecule has 0 saturated heterocycles. The van der Waals surface area contributed by atoms with Crippen molar-refractivity contribution in [2.24, 2.45) is 0 Å². The Labute approximate surface area is 100 Å². The second-order valence-electron chi connectivity index (χ2n) is 4.37. The van der Waals surface area contributed by atoms with Gasteiger partial charge in [0.15, 0.2) is 0 Å². The van der Waals surface area contributed by atoms with Crippen LogP contribution < -0.4 is 5.32 Å². The second kappa shape index (κ2) is 6.41. The summed E-state index contributed by atoms with van der Waals surface area (Å²) in [6.07, 6.45) is -0.452. The smallest absolute Gasteiger partial charge is 0.317 e. The van der Waals surface area contributed by atoms with E-state index in [0.717, 1.165) is 0 Å². The normalized spacial score (nSPS) is 15.8. The predicted molar refractivity (Wildman–Crippen MR) is 60.6 cm³/mol. The van der Waals surface area contributed by atoms with Crippen molar-refractivity contribution in [3.8, 4) is 0 Å². The molecule has 17 heavy (non-hydrogen) atoms. The quantitative estimate of drug-likeness (QED) is 0.493. The summed E-state index contributed by atoms with van der Waals surface area (Å²) in [7, 11) is 1.50. The topological polar surface area (TPSA) is 110 Å². The van der Waals surface area contributed by atoms with Crippen molar-refractivity contribution in [3.05, 3.63) is 0 Å². The van der Waals surface area contributed by atoms with Crippen molar-refractivity contribution >= 4 is 12.0 Å². The summed E-state index contributed by atoms with van der Waals surface area (Å²) in [4.78, 5) is 23.2. The fourth-order valence-corrected chi connectivity index (χ4v) is 1.10. The molecular formula is C10H20N2O5. The Bertz CT molecular complexity index is 280. The number of carboxylic acid groups (broad SMARTS) is 1. The molecule has 0 saturated carbocycles. The number of rotatable bonds is 6. The molecule has 0 aliphatic heterocycles. The average molecular weight is 248 g/mol. The van der Waals surface area contributed by atoms with Gasteiger partial charge in [-0.25, -0.2) is 4.79 Å². The lowest BCUT2D eigenvalue weighted by Gasteiger charge is -2.27. The number of nitrogens with zero attached hydrogens (tertiary/aromatic N) is 1. The van der Waals surface area contributed by atoms with Crippen LogP contribution in [0, 0.1) is 0 Å². The lowest BCUT2D eigenvalue weighted by atomic mass is 10.0. The Morgan fingerprint density at radius 3 is 2.41 bits per heavy atom. The summed E-state index contributed by atoms with van der Waals surface area (Å²) in [5.41, 5.74) is -1.50. The molecule has 0 radical (unpaired) electrons. The molecule has 0 heterocycles. The zero-order chi connectivity index (χ0) is 13.6. The van der Waals surface area contributed by atoms with E-state index in [1.54, 1.807) is 6.92 Å². The van der Waals surface area contributed by atoms with Crippen LogP contribution in [0.25, 0.3) is 0 Å². The molecule has 2 unspecified atom stereocenters. The zero-order valence-electron chi connectivity index (χ0n) is 10.3. The molecule has 0 rings (SSSR count). The van der Waals surface area contributed by atoms with Gasteiger partial charge < -0.3 is 25.5 Å². The van der Waals surface area contributed by atoms with Crippen molar-refractivity contribution in [2.45, 2.75) is 31.9 Å². The lowest BCUT2D eigenvalue weighted by Crippen LogP contribution is -2.49. The molecule has 0 aliphatic carbocycles. The van der Waals surface area contributed by atoms with Gasteiger partial charge in [0, 0.05) is 13.6 Å². The van der Waals surface area contributed by atoms with Crippen molar-refractivity contribution < 1.29 is 24.9 Å². The highest BCUT2D eigenvalue weighted by molar-refractivity contribution is 5.74. The minimum absolute atomic E-state index is 0.166. The Kier molecular flexibility index (Phi) is 5.90. The number of carbonyl (C=O) groups excluding carboxylic acids is 1. The van der Waals surface area contributed by atoms with Crippen molar-refractivity contribution in [2.75, 3.05) is 20.2 Å². The maximum atomic E-state index is 11.5. The van der Waals surface area contributed by atoms with Crippen LogP contribution in [0.3, 0.4) is 0 Å². The van der Waals surface area contributed by atoms with E-state index in [9.17, 15) is 14.7 Å². The Balaban J connectivity index is 4.19. The molecule has 0 bridgehead atoms. The summed E-state index contributed by atoms with van der Waals surface area (Å²) in [6.45, 7) is 2.65. The van der Waals surface area contributed by atoms with Gasteiger partial charge in [-0.2, -0.15) is 0 Å². The van der Waals surface area contributed by atoms with E-state index < -0.39 is 24.0 Å². The number of hydrogen-bond acceptors (Lipinski definition) is 4. The number of urea groups is 1. The van der Waals surface area contributed by atoms with Gasteiger partial charge in [-0.1, -0.05) is 0 Å². The summed E-state index contributed by atoms with van der Waals surface area (Å²) < 4.78 is 0. The number of aliphatic hydroxyl groups is 2. The molecule has 7 heteroatoms. The molecule has 0 aromatic rings. The molecule has 2 amide bonds.